The molecule has 0 saturated heterocycles. The monoisotopic (exact) mass is 321 g/mol. The van der Waals surface area contributed by atoms with Gasteiger partial charge in [0, 0.05) is 12.6 Å². The lowest BCUT2D eigenvalue weighted by atomic mass is 9.86. The van der Waals surface area contributed by atoms with Gasteiger partial charge in [-0.15, -0.1) is 0 Å². The fraction of sp³-hybridized carbons (Fsp3) is 0.529. The lowest BCUT2D eigenvalue weighted by molar-refractivity contribution is -0.121. The quantitative estimate of drug-likeness (QED) is 0.779. The number of nitrogens with one attached hydrogen (secondary N) is 3. The largest absolute Gasteiger partial charge is 0.352 e. The molecular weight excluding hydrogens is 297 g/mol. The predicted octanol–water partition coefficient (Wildman–Crippen LogP) is 2.32. The Kier molecular flexibility index (Phi) is 6.38. The first-order valence-corrected chi connectivity index (χ1v) is 8.10. The molecule has 126 valence electrons. The molecule has 0 bridgehead atoms. The van der Waals surface area contributed by atoms with Crippen molar-refractivity contribution in [3.8, 4) is 0 Å². The summed E-state index contributed by atoms with van der Waals surface area (Å²) in [7, 11) is 0. The highest BCUT2D eigenvalue weighted by Gasteiger charge is 2.22. The van der Waals surface area contributed by atoms with E-state index < -0.39 is 6.03 Å². The van der Waals surface area contributed by atoms with Crippen LogP contribution in [-0.4, -0.2) is 24.5 Å². The van der Waals surface area contributed by atoms with E-state index in [0.717, 1.165) is 24.8 Å². The predicted molar refractivity (Wildman–Crippen MR) is 86.2 cm³/mol. The number of urea groups is 1. The molecule has 1 aromatic carbocycles. The number of rotatable bonds is 5. The zero-order chi connectivity index (χ0) is 16.7. The molecule has 1 saturated carbocycles. The topological polar surface area (TPSA) is 70.2 Å². The minimum atomic E-state index is -0.416. The summed E-state index contributed by atoms with van der Waals surface area (Å²) in [5.74, 6) is 0.00694. The van der Waals surface area contributed by atoms with Crippen LogP contribution in [0, 0.1) is 11.7 Å². The first-order chi connectivity index (χ1) is 11.0. The van der Waals surface area contributed by atoms with Gasteiger partial charge in [-0.3, -0.25) is 4.79 Å². The van der Waals surface area contributed by atoms with Crippen molar-refractivity contribution in [1.82, 2.24) is 16.0 Å². The van der Waals surface area contributed by atoms with Crippen molar-refractivity contribution >= 4 is 11.9 Å². The summed E-state index contributed by atoms with van der Waals surface area (Å²) in [6, 6.07) is 5.68. The molecule has 3 amide bonds. The van der Waals surface area contributed by atoms with Gasteiger partial charge in [-0.25, -0.2) is 9.18 Å². The van der Waals surface area contributed by atoms with Crippen LogP contribution < -0.4 is 16.0 Å². The van der Waals surface area contributed by atoms with E-state index in [0.29, 0.717) is 5.92 Å². The molecule has 0 radical (unpaired) electrons. The summed E-state index contributed by atoms with van der Waals surface area (Å²) in [5.41, 5.74) is 0.794. The summed E-state index contributed by atoms with van der Waals surface area (Å²) in [5, 5.41) is 8.15. The second-order valence-electron chi connectivity index (χ2n) is 6.10. The number of amides is 3. The molecule has 1 fully saturated rings. The molecule has 0 unspecified atom stereocenters. The van der Waals surface area contributed by atoms with Crippen molar-refractivity contribution in [3.05, 3.63) is 35.6 Å². The molecule has 6 heteroatoms. The second kappa shape index (κ2) is 8.50. The summed E-state index contributed by atoms with van der Waals surface area (Å²) >= 11 is 0. The van der Waals surface area contributed by atoms with E-state index >= 15 is 0 Å². The van der Waals surface area contributed by atoms with Crippen molar-refractivity contribution < 1.29 is 14.0 Å². The number of halogens is 1. The number of carbonyl (C=O) groups excluding carboxylic acids is 2. The zero-order valence-corrected chi connectivity index (χ0v) is 13.4. The van der Waals surface area contributed by atoms with Gasteiger partial charge in [0.1, 0.15) is 5.82 Å². The average molecular weight is 321 g/mol. The summed E-state index contributed by atoms with van der Waals surface area (Å²) in [4.78, 5) is 23.5. The highest BCUT2D eigenvalue weighted by Crippen LogP contribution is 2.23. The van der Waals surface area contributed by atoms with Crippen LogP contribution in [0.5, 0.6) is 0 Å². The average Bonchev–Trinajstić information content (AvgIpc) is 2.54. The van der Waals surface area contributed by atoms with Crippen LogP contribution in [0.2, 0.25) is 0 Å². The molecule has 1 aliphatic carbocycles. The van der Waals surface area contributed by atoms with Gasteiger partial charge in [-0.1, -0.05) is 31.9 Å². The summed E-state index contributed by atoms with van der Waals surface area (Å²) < 4.78 is 12.8. The fourth-order valence-electron chi connectivity index (χ4n) is 2.80. The lowest BCUT2D eigenvalue weighted by Gasteiger charge is -2.29. The van der Waals surface area contributed by atoms with Crippen LogP contribution in [-0.2, 0) is 11.3 Å². The Morgan fingerprint density at radius 3 is 2.52 bits per heavy atom. The molecule has 1 aliphatic rings. The SMILES string of the molecule is C[C@H]1CCCC[C@@H]1NC(=O)CNC(=O)NCc1ccc(F)cc1. The third kappa shape index (κ3) is 5.88. The maximum Gasteiger partial charge on any atom is 0.315 e. The minimum absolute atomic E-state index is 0.0432. The van der Waals surface area contributed by atoms with Crippen LogP contribution in [0.1, 0.15) is 38.2 Å². The molecule has 1 aromatic rings. The first kappa shape index (κ1) is 17.2. The van der Waals surface area contributed by atoms with Gasteiger partial charge in [0.15, 0.2) is 0 Å². The smallest absolute Gasteiger partial charge is 0.315 e. The van der Waals surface area contributed by atoms with Crippen LogP contribution >= 0.6 is 0 Å². The van der Waals surface area contributed by atoms with E-state index in [1.54, 1.807) is 12.1 Å². The molecule has 0 aliphatic heterocycles. The molecular formula is C17H24FN3O2. The molecule has 3 N–H and O–H groups in total. The third-order valence-electron chi connectivity index (χ3n) is 4.23. The highest BCUT2D eigenvalue weighted by atomic mass is 19.1. The molecule has 5 nitrogen and oxygen atoms in total. The van der Waals surface area contributed by atoms with Gasteiger partial charge >= 0.3 is 6.03 Å². The number of benzene rings is 1. The van der Waals surface area contributed by atoms with Gasteiger partial charge in [-0.05, 0) is 36.5 Å². The Hall–Kier alpha value is -2.11. The number of carbonyl (C=O) groups is 2. The van der Waals surface area contributed by atoms with Crippen molar-refractivity contribution in [2.24, 2.45) is 5.92 Å². The van der Waals surface area contributed by atoms with Crippen LogP contribution in [0.15, 0.2) is 24.3 Å². The standard InChI is InChI=1S/C17H24FN3O2/c1-12-4-2-3-5-15(12)21-16(22)11-20-17(23)19-10-13-6-8-14(18)9-7-13/h6-9,12,15H,2-5,10-11H2,1H3,(H,21,22)(H2,19,20,23)/t12-,15-/m0/s1. The number of hydrogen-bond acceptors (Lipinski definition) is 2. The normalized spacial score (nSPS) is 20.6. The Bertz CT molecular complexity index is 533. The molecule has 2 atom stereocenters. The molecule has 0 heterocycles. The van der Waals surface area contributed by atoms with E-state index in [2.05, 4.69) is 22.9 Å². The summed E-state index contributed by atoms with van der Waals surface area (Å²) in [6.07, 6.45) is 4.50. The van der Waals surface area contributed by atoms with Crippen molar-refractivity contribution in [1.29, 1.82) is 0 Å². The highest BCUT2D eigenvalue weighted by molar-refractivity contribution is 5.84. The van der Waals surface area contributed by atoms with E-state index in [9.17, 15) is 14.0 Å². The lowest BCUT2D eigenvalue weighted by Crippen LogP contribution is -2.47. The molecule has 2 rings (SSSR count). The minimum Gasteiger partial charge on any atom is -0.352 e. The van der Waals surface area contributed by atoms with Gasteiger partial charge in [0.05, 0.1) is 6.54 Å². The Morgan fingerprint density at radius 2 is 1.83 bits per heavy atom. The third-order valence-corrected chi connectivity index (χ3v) is 4.23. The van der Waals surface area contributed by atoms with E-state index in [4.69, 9.17) is 0 Å². The number of hydrogen-bond donors (Lipinski definition) is 3. The second-order valence-corrected chi connectivity index (χ2v) is 6.10. The zero-order valence-electron chi connectivity index (χ0n) is 13.4. The van der Waals surface area contributed by atoms with Gasteiger partial charge in [0.25, 0.3) is 0 Å². The van der Waals surface area contributed by atoms with Gasteiger partial charge in [0.2, 0.25) is 5.91 Å². The van der Waals surface area contributed by atoms with Gasteiger partial charge in [-0.2, -0.15) is 0 Å². The first-order valence-electron chi connectivity index (χ1n) is 8.10. The van der Waals surface area contributed by atoms with E-state index in [1.165, 1.54) is 18.6 Å². The van der Waals surface area contributed by atoms with Crippen LogP contribution in [0.25, 0.3) is 0 Å². The van der Waals surface area contributed by atoms with Gasteiger partial charge < -0.3 is 16.0 Å². The Labute approximate surface area is 136 Å². The Morgan fingerprint density at radius 1 is 1.13 bits per heavy atom. The van der Waals surface area contributed by atoms with Crippen molar-refractivity contribution in [3.63, 3.8) is 0 Å². The van der Waals surface area contributed by atoms with Crippen LogP contribution in [0.4, 0.5) is 9.18 Å². The fourth-order valence-corrected chi connectivity index (χ4v) is 2.80. The van der Waals surface area contributed by atoms with Crippen LogP contribution in [0.3, 0.4) is 0 Å². The van der Waals surface area contributed by atoms with Crippen molar-refractivity contribution in [2.75, 3.05) is 6.54 Å². The maximum atomic E-state index is 12.8. The molecule has 23 heavy (non-hydrogen) atoms. The van der Waals surface area contributed by atoms with Crippen molar-refractivity contribution in [2.45, 2.75) is 45.2 Å². The summed E-state index contributed by atoms with van der Waals surface area (Å²) in [6.45, 7) is 2.39. The maximum absolute atomic E-state index is 12.8. The van der Waals surface area contributed by atoms with E-state index in [1.807, 2.05) is 0 Å². The molecule has 0 spiro atoms. The van der Waals surface area contributed by atoms with E-state index in [-0.39, 0.29) is 30.9 Å². The molecule has 0 aromatic heterocycles. The Balaban J connectivity index is 1.65.